The molecule has 0 aliphatic carbocycles. The van der Waals surface area contributed by atoms with Gasteiger partial charge in [-0.15, -0.1) is 0 Å². The predicted molar refractivity (Wildman–Crippen MR) is 63.1 cm³/mol. The van der Waals surface area contributed by atoms with Gasteiger partial charge in [-0.25, -0.2) is 0 Å². The van der Waals surface area contributed by atoms with E-state index in [1.807, 2.05) is 5.32 Å². The molecule has 0 fully saturated rings. The molecule has 0 bridgehead atoms. The molecular formula is C10H6ClNO5S. The van der Waals surface area contributed by atoms with Crippen molar-refractivity contribution >= 4 is 39.1 Å². The molecule has 0 saturated heterocycles. The minimum Gasteiger partial charge on any atom is -0.287 e. The molecule has 18 heavy (non-hydrogen) atoms. The molecule has 1 heterocycles. The Kier molecular flexibility index (Phi) is 2.97. The van der Waals surface area contributed by atoms with Gasteiger partial charge in [0.05, 0.1) is 5.57 Å². The molecule has 6 nitrogen and oxygen atoms in total. The maximum absolute atomic E-state index is 11.5. The topological polar surface area (TPSA) is 101 Å². The number of benzene rings is 1. The lowest BCUT2D eigenvalue weighted by atomic mass is 10.1. The second-order valence-corrected chi connectivity index (χ2v) is 5.26. The van der Waals surface area contributed by atoms with E-state index in [-0.39, 0.29) is 11.1 Å². The van der Waals surface area contributed by atoms with Crippen molar-refractivity contribution in [3.63, 3.8) is 0 Å². The van der Waals surface area contributed by atoms with Crippen LogP contribution in [0.4, 0.5) is 0 Å². The Hall–Kier alpha value is -1.70. The van der Waals surface area contributed by atoms with Crippen molar-refractivity contribution in [2.45, 2.75) is 0 Å². The van der Waals surface area contributed by atoms with Crippen LogP contribution in [0.2, 0.25) is 5.02 Å². The molecule has 0 spiro atoms. The van der Waals surface area contributed by atoms with E-state index in [0.29, 0.717) is 5.02 Å². The lowest BCUT2D eigenvalue weighted by Gasteiger charge is -2.01. The monoisotopic (exact) mass is 287 g/mol. The third-order valence-electron chi connectivity index (χ3n) is 2.28. The van der Waals surface area contributed by atoms with Gasteiger partial charge in [-0.1, -0.05) is 23.7 Å². The van der Waals surface area contributed by atoms with E-state index < -0.39 is 26.8 Å². The van der Waals surface area contributed by atoms with Crippen LogP contribution in [0.15, 0.2) is 29.2 Å². The smallest absolute Gasteiger partial charge is 0.287 e. The fourth-order valence-corrected chi connectivity index (χ4v) is 2.44. The highest BCUT2D eigenvalue weighted by Gasteiger charge is 2.38. The number of hydrogen-bond acceptors (Lipinski definition) is 4. The summed E-state index contributed by atoms with van der Waals surface area (Å²) in [6.45, 7) is 0. The molecule has 0 aromatic heterocycles. The van der Waals surface area contributed by atoms with Gasteiger partial charge >= 0.3 is 10.1 Å². The predicted octanol–water partition coefficient (Wildman–Crippen LogP) is 0.595. The first-order valence-electron chi connectivity index (χ1n) is 4.64. The zero-order valence-electron chi connectivity index (χ0n) is 8.68. The molecule has 0 unspecified atom stereocenters. The summed E-state index contributed by atoms with van der Waals surface area (Å²) in [6.07, 6.45) is 0. The quantitative estimate of drug-likeness (QED) is 0.612. The van der Waals surface area contributed by atoms with Crippen LogP contribution >= 0.6 is 11.6 Å². The van der Waals surface area contributed by atoms with Crippen molar-refractivity contribution in [1.82, 2.24) is 5.32 Å². The second kappa shape index (κ2) is 4.20. The number of carbonyl (C=O) groups is 2. The normalized spacial score (nSPS) is 16.1. The summed E-state index contributed by atoms with van der Waals surface area (Å²) in [5.41, 5.74) is -0.213. The molecule has 2 amide bonds. The number of hydrogen-bond donors (Lipinski definition) is 2. The van der Waals surface area contributed by atoms with Gasteiger partial charge in [-0.05, 0) is 17.7 Å². The number of nitrogens with one attached hydrogen (secondary N) is 1. The van der Waals surface area contributed by atoms with E-state index in [1.165, 1.54) is 24.3 Å². The van der Waals surface area contributed by atoms with Crippen molar-refractivity contribution in [3.8, 4) is 0 Å². The lowest BCUT2D eigenvalue weighted by molar-refractivity contribution is -0.123. The van der Waals surface area contributed by atoms with E-state index in [1.54, 1.807) is 0 Å². The molecule has 2 N–H and O–H groups in total. The Morgan fingerprint density at radius 1 is 1.06 bits per heavy atom. The summed E-state index contributed by atoms with van der Waals surface area (Å²) >= 11 is 5.66. The average Bonchev–Trinajstić information content (AvgIpc) is 2.54. The van der Waals surface area contributed by atoms with Crippen LogP contribution < -0.4 is 5.32 Å². The number of imide groups is 1. The molecule has 0 radical (unpaired) electrons. The fourth-order valence-electron chi connectivity index (χ4n) is 1.56. The minimum atomic E-state index is -4.78. The van der Waals surface area contributed by atoms with Gasteiger partial charge in [0.15, 0.2) is 4.91 Å². The minimum absolute atomic E-state index is 0.176. The van der Waals surface area contributed by atoms with Crippen molar-refractivity contribution in [2.24, 2.45) is 0 Å². The lowest BCUT2D eigenvalue weighted by Crippen LogP contribution is -2.24. The summed E-state index contributed by atoms with van der Waals surface area (Å²) in [5.74, 6) is -2.03. The largest absolute Gasteiger partial charge is 0.300 e. The molecule has 1 aromatic carbocycles. The zero-order valence-corrected chi connectivity index (χ0v) is 10.2. The molecular weight excluding hydrogens is 282 g/mol. The molecule has 94 valence electrons. The molecule has 0 atom stereocenters. The highest BCUT2D eigenvalue weighted by Crippen LogP contribution is 2.27. The molecule has 8 heteroatoms. The highest BCUT2D eigenvalue weighted by atomic mass is 35.5. The van der Waals surface area contributed by atoms with Gasteiger partial charge < -0.3 is 0 Å². The summed E-state index contributed by atoms with van der Waals surface area (Å²) in [6, 6.07) is 5.62. The van der Waals surface area contributed by atoms with E-state index in [0.717, 1.165) is 0 Å². The molecule has 0 saturated carbocycles. The third-order valence-corrected chi connectivity index (χ3v) is 3.44. The van der Waals surface area contributed by atoms with Crippen LogP contribution in [-0.4, -0.2) is 24.8 Å². The fraction of sp³-hybridized carbons (Fsp3) is 0. The Morgan fingerprint density at radius 3 is 2.11 bits per heavy atom. The van der Waals surface area contributed by atoms with Gasteiger partial charge in [0, 0.05) is 5.02 Å². The first kappa shape index (κ1) is 12.7. The van der Waals surface area contributed by atoms with Crippen molar-refractivity contribution in [3.05, 3.63) is 39.8 Å². The van der Waals surface area contributed by atoms with Gasteiger partial charge in [-0.2, -0.15) is 8.42 Å². The van der Waals surface area contributed by atoms with E-state index in [9.17, 15) is 18.0 Å². The maximum Gasteiger partial charge on any atom is 0.300 e. The Bertz CT molecular complexity index is 675. The molecule has 1 aliphatic heterocycles. The summed E-state index contributed by atoms with van der Waals surface area (Å²) < 4.78 is 31.2. The van der Waals surface area contributed by atoms with Crippen molar-refractivity contribution in [1.29, 1.82) is 0 Å². The van der Waals surface area contributed by atoms with Gasteiger partial charge in [-0.3, -0.25) is 19.5 Å². The summed E-state index contributed by atoms with van der Waals surface area (Å²) in [4.78, 5) is 21.9. The number of rotatable bonds is 2. The van der Waals surface area contributed by atoms with Crippen LogP contribution in [0.1, 0.15) is 5.56 Å². The van der Waals surface area contributed by atoms with Crippen LogP contribution in [0.3, 0.4) is 0 Å². The van der Waals surface area contributed by atoms with Gasteiger partial charge in [0.25, 0.3) is 11.8 Å². The van der Waals surface area contributed by atoms with Crippen LogP contribution in [0.5, 0.6) is 0 Å². The summed E-state index contributed by atoms with van der Waals surface area (Å²) in [7, 11) is -4.78. The summed E-state index contributed by atoms with van der Waals surface area (Å²) in [5, 5.41) is 2.20. The number of halogens is 1. The SMILES string of the molecule is O=C1NC(=O)C(S(=O)(=O)O)=C1c1ccc(Cl)cc1. The van der Waals surface area contributed by atoms with E-state index in [4.69, 9.17) is 16.2 Å². The average molecular weight is 288 g/mol. The van der Waals surface area contributed by atoms with Gasteiger partial charge in [0.1, 0.15) is 0 Å². The third kappa shape index (κ3) is 2.15. The molecule has 1 aliphatic rings. The zero-order chi connectivity index (χ0) is 13.5. The number of amides is 2. The number of carbonyl (C=O) groups excluding carboxylic acids is 2. The Balaban J connectivity index is 2.71. The maximum atomic E-state index is 11.5. The highest BCUT2D eigenvalue weighted by molar-refractivity contribution is 7.91. The standard InChI is InChI=1S/C10H6ClNO5S/c11-6-3-1-5(2-4-6)7-8(18(15,16)17)10(14)12-9(7)13/h1-4H,(H,12,13,14)(H,15,16,17). The Labute approximate surface area is 107 Å². The van der Waals surface area contributed by atoms with E-state index >= 15 is 0 Å². The first-order valence-corrected chi connectivity index (χ1v) is 6.46. The van der Waals surface area contributed by atoms with Crippen LogP contribution in [-0.2, 0) is 19.7 Å². The van der Waals surface area contributed by atoms with Crippen LogP contribution in [0, 0.1) is 0 Å². The Morgan fingerprint density at radius 2 is 1.61 bits per heavy atom. The van der Waals surface area contributed by atoms with Crippen LogP contribution in [0.25, 0.3) is 5.57 Å². The molecule has 2 rings (SSSR count). The first-order chi connectivity index (χ1) is 8.30. The van der Waals surface area contributed by atoms with E-state index in [2.05, 4.69) is 0 Å². The second-order valence-electron chi connectivity index (χ2n) is 3.47. The molecule has 1 aromatic rings. The van der Waals surface area contributed by atoms with Crippen molar-refractivity contribution in [2.75, 3.05) is 0 Å². The van der Waals surface area contributed by atoms with Crippen molar-refractivity contribution < 1.29 is 22.6 Å². The van der Waals surface area contributed by atoms with Gasteiger partial charge in [0.2, 0.25) is 0 Å².